The van der Waals surface area contributed by atoms with Crippen molar-refractivity contribution < 1.29 is 23.2 Å². The van der Waals surface area contributed by atoms with Gasteiger partial charge in [-0.1, -0.05) is 0 Å². The zero-order valence-electron chi connectivity index (χ0n) is 15.9. The van der Waals surface area contributed by atoms with Crippen LogP contribution in [0.15, 0.2) is 44.8 Å². The monoisotopic (exact) mass is 498 g/mol. The first-order valence-corrected chi connectivity index (χ1v) is 11.1. The molecule has 12 heteroatoms. The first-order valence-electron chi connectivity index (χ1n) is 8.88. The van der Waals surface area contributed by atoms with Crippen molar-refractivity contribution in [2.75, 3.05) is 25.6 Å². The van der Waals surface area contributed by atoms with Gasteiger partial charge in [0.25, 0.3) is 5.69 Å². The van der Waals surface area contributed by atoms with E-state index in [9.17, 15) is 23.6 Å². The summed E-state index contributed by atoms with van der Waals surface area (Å²) in [6.07, 6.45) is 2.92. The molecule has 1 saturated heterocycles. The molecule has 1 heterocycles. The lowest BCUT2D eigenvalue weighted by atomic mass is 10.2. The minimum Gasteiger partial charge on any atom is -0.503 e. The van der Waals surface area contributed by atoms with Gasteiger partial charge in [0.15, 0.2) is 11.5 Å². The number of halogens is 1. The standard InChI is InChI=1S/C18H19BrN4O6S/c1-29-17-9-12(8-14(19)18(17)24)11-20-21-15-5-4-13(10-16(15)23(25)26)30(27,28)22-6-2-3-7-22/h4-5,8-11,21,24H,2-3,6-7H2,1H3/b20-11+. The van der Waals surface area contributed by atoms with Gasteiger partial charge in [-0.25, -0.2) is 8.42 Å². The Labute approximate surface area is 181 Å². The van der Waals surface area contributed by atoms with Gasteiger partial charge in [0.1, 0.15) is 5.69 Å². The molecule has 0 aliphatic carbocycles. The number of hydrogen-bond acceptors (Lipinski definition) is 8. The van der Waals surface area contributed by atoms with Crippen molar-refractivity contribution in [2.45, 2.75) is 17.7 Å². The van der Waals surface area contributed by atoms with Gasteiger partial charge < -0.3 is 9.84 Å². The highest BCUT2D eigenvalue weighted by atomic mass is 79.9. The van der Waals surface area contributed by atoms with Crippen LogP contribution in [-0.4, -0.2) is 49.2 Å². The second-order valence-corrected chi connectivity index (χ2v) is 9.26. The first kappa shape index (κ1) is 22.0. The lowest BCUT2D eigenvalue weighted by molar-refractivity contribution is -0.384. The van der Waals surface area contributed by atoms with Crippen molar-refractivity contribution in [2.24, 2.45) is 5.10 Å². The molecular formula is C18H19BrN4O6S. The highest BCUT2D eigenvalue weighted by Gasteiger charge is 2.29. The third-order valence-corrected chi connectivity index (χ3v) is 7.04. The molecular weight excluding hydrogens is 480 g/mol. The molecule has 0 unspecified atom stereocenters. The fraction of sp³-hybridized carbons (Fsp3) is 0.278. The molecule has 160 valence electrons. The normalized spacial score (nSPS) is 14.9. The maximum absolute atomic E-state index is 12.7. The van der Waals surface area contributed by atoms with Crippen LogP contribution in [0.5, 0.6) is 11.5 Å². The molecule has 10 nitrogen and oxygen atoms in total. The highest BCUT2D eigenvalue weighted by Crippen LogP contribution is 2.35. The van der Waals surface area contributed by atoms with Gasteiger partial charge in [-0.2, -0.15) is 9.41 Å². The SMILES string of the molecule is COc1cc(/C=N/Nc2ccc(S(=O)(=O)N3CCCC3)cc2[N+](=O)[O-])cc(Br)c1O. The number of nitro groups is 1. The lowest BCUT2D eigenvalue weighted by Gasteiger charge is -2.15. The number of phenolic OH excluding ortho intramolecular Hbond substituents is 1. The van der Waals surface area contributed by atoms with Crippen molar-refractivity contribution in [1.82, 2.24) is 4.31 Å². The Hall–Kier alpha value is -2.70. The van der Waals surface area contributed by atoms with Crippen LogP contribution in [-0.2, 0) is 10.0 Å². The number of hydrazone groups is 1. The molecule has 3 rings (SSSR count). The van der Waals surface area contributed by atoms with E-state index in [1.165, 1.54) is 35.8 Å². The predicted octanol–water partition coefficient (Wildman–Crippen LogP) is 3.30. The van der Waals surface area contributed by atoms with E-state index in [2.05, 4.69) is 26.5 Å². The number of benzene rings is 2. The number of nitrogens with one attached hydrogen (secondary N) is 1. The quantitative estimate of drug-likeness (QED) is 0.339. The molecule has 0 spiro atoms. The summed E-state index contributed by atoms with van der Waals surface area (Å²) in [5.41, 5.74) is 2.76. The molecule has 0 radical (unpaired) electrons. The summed E-state index contributed by atoms with van der Waals surface area (Å²) in [6, 6.07) is 6.78. The Kier molecular flexibility index (Phi) is 6.58. The Morgan fingerprint density at radius 3 is 2.63 bits per heavy atom. The summed E-state index contributed by atoms with van der Waals surface area (Å²) in [5, 5.41) is 25.3. The summed E-state index contributed by atoms with van der Waals surface area (Å²) >= 11 is 3.20. The predicted molar refractivity (Wildman–Crippen MR) is 115 cm³/mol. The fourth-order valence-corrected chi connectivity index (χ4v) is 4.99. The van der Waals surface area contributed by atoms with Crippen molar-refractivity contribution in [3.63, 3.8) is 0 Å². The van der Waals surface area contributed by atoms with E-state index in [4.69, 9.17) is 4.74 Å². The van der Waals surface area contributed by atoms with Crippen LogP contribution in [0.4, 0.5) is 11.4 Å². The number of methoxy groups -OCH3 is 1. The number of hydrogen-bond donors (Lipinski definition) is 2. The number of rotatable bonds is 7. The molecule has 0 atom stereocenters. The van der Waals surface area contributed by atoms with Gasteiger partial charge in [-0.15, -0.1) is 0 Å². The number of ether oxygens (including phenoxy) is 1. The van der Waals surface area contributed by atoms with Crippen LogP contribution in [0.25, 0.3) is 0 Å². The van der Waals surface area contributed by atoms with Gasteiger partial charge in [-0.05, 0) is 58.6 Å². The summed E-state index contributed by atoms with van der Waals surface area (Å²) in [5.74, 6) is 0.168. The van der Waals surface area contributed by atoms with Crippen molar-refractivity contribution in [3.05, 3.63) is 50.5 Å². The molecule has 0 amide bonds. The summed E-state index contributed by atoms with van der Waals surface area (Å²) in [4.78, 5) is 10.7. The van der Waals surface area contributed by atoms with E-state index in [1.807, 2.05) is 0 Å². The average molecular weight is 499 g/mol. The molecule has 30 heavy (non-hydrogen) atoms. The van der Waals surface area contributed by atoms with Gasteiger partial charge in [0.2, 0.25) is 10.0 Å². The number of aromatic hydroxyl groups is 1. The Balaban J connectivity index is 1.85. The smallest absolute Gasteiger partial charge is 0.295 e. The van der Waals surface area contributed by atoms with Crippen LogP contribution in [0.1, 0.15) is 18.4 Å². The van der Waals surface area contributed by atoms with E-state index >= 15 is 0 Å². The molecule has 1 aliphatic rings. The van der Waals surface area contributed by atoms with Crippen molar-refractivity contribution >= 4 is 43.5 Å². The maximum atomic E-state index is 12.7. The lowest BCUT2D eigenvalue weighted by Crippen LogP contribution is -2.27. The first-order chi connectivity index (χ1) is 14.2. The second-order valence-electron chi connectivity index (χ2n) is 6.47. The zero-order valence-corrected chi connectivity index (χ0v) is 18.3. The number of phenols is 1. The van der Waals surface area contributed by atoms with E-state index in [1.54, 1.807) is 6.07 Å². The number of nitrogens with zero attached hydrogens (tertiary/aromatic N) is 3. The molecule has 0 aromatic heterocycles. The average Bonchev–Trinajstić information content (AvgIpc) is 3.26. The summed E-state index contributed by atoms with van der Waals surface area (Å²) in [7, 11) is -2.37. The molecule has 1 fully saturated rings. The molecule has 2 aromatic rings. The van der Waals surface area contributed by atoms with Crippen LogP contribution >= 0.6 is 15.9 Å². The molecule has 2 aromatic carbocycles. The van der Waals surface area contributed by atoms with Crippen LogP contribution in [0.2, 0.25) is 0 Å². The van der Waals surface area contributed by atoms with Crippen molar-refractivity contribution in [1.29, 1.82) is 0 Å². The van der Waals surface area contributed by atoms with Crippen LogP contribution < -0.4 is 10.2 Å². The largest absolute Gasteiger partial charge is 0.503 e. The molecule has 0 bridgehead atoms. The second kappa shape index (κ2) is 8.98. The molecule has 1 aliphatic heterocycles. The number of anilines is 1. The minimum absolute atomic E-state index is 0.0430. The molecule has 2 N–H and O–H groups in total. The van der Waals surface area contributed by atoms with Crippen LogP contribution in [0, 0.1) is 10.1 Å². The third kappa shape index (κ3) is 4.55. The van der Waals surface area contributed by atoms with Crippen LogP contribution in [0.3, 0.4) is 0 Å². The van der Waals surface area contributed by atoms with E-state index < -0.39 is 20.6 Å². The topological polar surface area (TPSA) is 134 Å². The molecule has 0 saturated carbocycles. The Morgan fingerprint density at radius 2 is 2.00 bits per heavy atom. The number of sulfonamides is 1. The fourth-order valence-electron chi connectivity index (χ4n) is 3.00. The van der Waals surface area contributed by atoms with E-state index in [0.29, 0.717) is 23.1 Å². The summed E-state index contributed by atoms with van der Waals surface area (Å²) < 4.78 is 32.1. The van der Waals surface area contributed by atoms with Crippen molar-refractivity contribution in [3.8, 4) is 11.5 Å². The van der Waals surface area contributed by atoms with Gasteiger partial charge in [0, 0.05) is 19.2 Å². The number of nitro benzene ring substituents is 1. The third-order valence-electron chi connectivity index (χ3n) is 4.54. The van der Waals surface area contributed by atoms with E-state index in [0.717, 1.165) is 18.9 Å². The highest BCUT2D eigenvalue weighted by molar-refractivity contribution is 9.10. The zero-order chi connectivity index (χ0) is 21.9. The maximum Gasteiger partial charge on any atom is 0.295 e. The van der Waals surface area contributed by atoms with E-state index in [-0.39, 0.29) is 22.1 Å². The summed E-state index contributed by atoms with van der Waals surface area (Å²) in [6.45, 7) is 0.818. The van der Waals surface area contributed by atoms with Gasteiger partial charge in [0.05, 0.1) is 27.6 Å². The minimum atomic E-state index is -3.77. The Bertz CT molecular complexity index is 1100. The van der Waals surface area contributed by atoms with Gasteiger partial charge >= 0.3 is 0 Å². The Morgan fingerprint density at radius 1 is 1.30 bits per heavy atom. The van der Waals surface area contributed by atoms with Gasteiger partial charge in [-0.3, -0.25) is 15.5 Å².